The van der Waals surface area contributed by atoms with Gasteiger partial charge in [-0.2, -0.15) is 0 Å². The number of hydrogen-bond donors (Lipinski definition) is 0. The molecule has 0 unspecified atom stereocenters. The number of hydrogen-bond acceptors (Lipinski definition) is 3. The first-order valence-corrected chi connectivity index (χ1v) is 12.5. The molecule has 0 radical (unpaired) electrons. The average molecular weight is 424 g/mol. The SMILES string of the molecule is CCC[C@H]1[C@H]2C[C@H](CN(CC(=O)N3CCCc4cc(C)ccc43)C2)[C@@H]2CCCC(=O)N21. The van der Waals surface area contributed by atoms with Gasteiger partial charge in [-0.15, -0.1) is 0 Å². The molecule has 1 aromatic rings. The molecule has 5 nitrogen and oxygen atoms in total. The van der Waals surface area contributed by atoms with Crippen molar-refractivity contribution in [1.29, 1.82) is 0 Å². The Labute approximate surface area is 186 Å². The second kappa shape index (κ2) is 8.57. The molecule has 4 heterocycles. The number of aryl methyl sites for hydroxylation is 2. The molecule has 0 aromatic heterocycles. The Hall–Kier alpha value is -1.88. The van der Waals surface area contributed by atoms with Crippen LogP contribution < -0.4 is 4.90 Å². The van der Waals surface area contributed by atoms with Crippen LogP contribution in [0.4, 0.5) is 5.69 Å². The van der Waals surface area contributed by atoms with Crippen molar-refractivity contribution >= 4 is 17.5 Å². The van der Waals surface area contributed by atoms with E-state index in [0.29, 0.717) is 36.4 Å². The zero-order valence-electron chi connectivity index (χ0n) is 19.2. The van der Waals surface area contributed by atoms with Gasteiger partial charge in [-0.3, -0.25) is 14.5 Å². The van der Waals surface area contributed by atoms with E-state index in [2.05, 4.69) is 41.8 Å². The molecule has 5 heteroatoms. The van der Waals surface area contributed by atoms with Crippen molar-refractivity contribution in [2.75, 3.05) is 31.1 Å². The Bertz CT molecular complexity index is 853. The molecule has 5 rings (SSSR count). The van der Waals surface area contributed by atoms with Crippen LogP contribution in [0.15, 0.2) is 18.2 Å². The molecule has 1 aromatic carbocycles. The van der Waals surface area contributed by atoms with Crippen LogP contribution in [0.25, 0.3) is 0 Å². The summed E-state index contributed by atoms with van der Waals surface area (Å²) in [6, 6.07) is 7.26. The number of amides is 2. The molecule has 4 atom stereocenters. The molecule has 0 saturated carbocycles. The van der Waals surface area contributed by atoms with E-state index >= 15 is 0 Å². The lowest BCUT2D eigenvalue weighted by Gasteiger charge is -2.56. The van der Waals surface area contributed by atoms with Crippen molar-refractivity contribution in [3.8, 4) is 0 Å². The van der Waals surface area contributed by atoms with Crippen LogP contribution in [0.2, 0.25) is 0 Å². The van der Waals surface area contributed by atoms with Crippen LogP contribution in [-0.2, 0) is 16.0 Å². The monoisotopic (exact) mass is 423 g/mol. The highest BCUT2D eigenvalue weighted by Gasteiger charge is 2.49. The Kier molecular flexibility index (Phi) is 5.80. The second-order valence-corrected chi connectivity index (χ2v) is 10.3. The van der Waals surface area contributed by atoms with Crippen LogP contribution in [-0.4, -0.2) is 59.9 Å². The van der Waals surface area contributed by atoms with Gasteiger partial charge in [0, 0.05) is 43.8 Å². The molecular weight excluding hydrogens is 386 g/mol. The average Bonchev–Trinajstić information content (AvgIpc) is 2.76. The summed E-state index contributed by atoms with van der Waals surface area (Å²) in [7, 11) is 0. The fourth-order valence-electron chi connectivity index (χ4n) is 6.93. The van der Waals surface area contributed by atoms with Gasteiger partial charge in [-0.25, -0.2) is 0 Å². The van der Waals surface area contributed by atoms with Gasteiger partial charge < -0.3 is 9.80 Å². The van der Waals surface area contributed by atoms with Gasteiger partial charge >= 0.3 is 0 Å². The number of anilines is 1. The van der Waals surface area contributed by atoms with Crippen LogP contribution in [0.3, 0.4) is 0 Å². The molecule has 4 aliphatic rings. The third-order valence-electron chi connectivity index (χ3n) is 8.17. The molecule has 0 N–H and O–H groups in total. The Morgan fingerprint density at radius 1 is 1.13 bits per heavy atom. The molecule has 31 heavy (non-hydrogen) atoms. The third kappa shape index (κ3) is 3.90. The predicted octanol–water partition coefficient (Wildman–Crippen LogP) is 3.78. The zero-order chi connectivity index (χ0) is 21.5. The lowest BCUT2D eigenvalue weighted by molar-refractivity contribution is -0.153. The number of benzene rings is 1. The lowest BCUT2D eigenvalue weighted by atomic mass is 9.71. The molecule has 168 valence electrons. The molecule has 3 saturated heterocycles. The van der Waals surface area contributed by atoms with Gasteiger partial charge in [0.2, 0.25) is 11.8 Å². The van der Waals surface area contributed by atoms with E-state index in [1.165, 1.54) is 17.5 Å². The van der Waals surface area contributed by atoms with Crippen molar-refractivity contribution < 1.29 is 9.59 Å². The van der Waals surface area contributed by atoms with E-state index in [4.69, 9.17) is 0 Å². The fourth-order valence-corrected chi connectivity index (χ4v) is 6.93. The summed E-state index contributed by atoms with van der Waals surface area (Å²) in [5, 5.41) is 0. The summed E-state index contributed by atoms with van der Waals surface area (Å²) >= 11 is 0. The molecule has 3 fully saturated rings. The van der Waals surface area contributed by atoms with Gasteiger partial charge in [0.1, 0.15) is 0 Å². The summed E-state index contributed by atoms with van der Waals surface area (Å²) in [6.45, 7) is 7.62. The minimum Gasteiger partial charge on any atom is -0.336 e. The van der Waals surface area contributed by atoms with Crippen molar-refractivity contribution in [2.45, 2.75) is 77.3 Å². The smallest absolute Gasteiger partial charge is 0.241 e. The number of carbonyl (C=O) groups is 2. The molecule has 2 bridgehead atoms. The first-order chi connectivity index (χ1) is 15.0. The summed E-state index contributed by atoms with van der Waals surface area (Å²) in [5.41, 5.74) is 3.70. The first kappa shape index (κ1) is 21.0. The van der Waals surface area contributed by atoms with E-state index in [9.17, 15) is 9.59 Å². The Balaban J connectivity index is 1.32. The fraction of sp³-hybridized carbons (Fsp3) is 0.692. The van der Waals surface area contributed by atoms with Crippen LogP contribution in [0.5, 0.6) is 0 Å². The van der Waals surface area contributed by atoms with Gasteiger partial charge in [-0.1, -0.05) is 31.0 Å². The highest BCUT2D eigenvalue weighted by atomic mass is 16.2. The molecule has 2 amide bonds. The van der Waals surface area contributed by atoms with Crippen LogP contribution >= 0.6 is 0 Å². The van der Waals surface area contributed by atoms with Crippen LogP contribution in [0, 0.1) is 18.8 Å². The standard InChI is InChI=1S/C26H37N3O2/c1-3-6-23-20-14-21(24-8-4-9-25(30)29(23)24)16-27(15-20)17-26(31)28-12-5-7-19-13-18(2)10-11-22(19)28/h10-11,13,20-21,23-24H,3-9,12,14-17H2,1-2H3/t20-,21+,23-,24-/m0/s1. The van der Waals surface area contributed by atoms with E-state index in [-0.39, 0.29) is 5.91 Å². The van der Waals surface area contributed by atoms with Gasteiger partial charge in [0.15, 0.2) is 0 Å². The predicted molar refractivity (Wildman–Crippen MR) is 123 cm³/mol. The number of fused-ring (bicyclic) bond motifs is 5. The highest BCUT2D eigenvalue weighted by Crippen LogP contribution is 2.43. The minimum absolute atomic E-state index is 0.244. The van der Waals surface area contributed by atoms with Crippen molar-refractivity contribution in [3.63, 3.8) is 0 Å². The number of likely N-dealkylation sites (tertiary alicyclic amines) is 1. The van der Waals surface area contributed by atoms with Crippen molar-refractivity contribution in [3.05, 3.63) is 29.3 Å². The van der Waals surface area contributed by atoms with Gasteiger partial charge in [0.05, 0.1) is 6.54 Å². The summed E-state index contributed by atoms with van der Waals surface area (Å²) in [4.78, 5) is 32.9. The van der Waals surface area contributed by atoms with Crippen molar-refractivity contribution in [2.24, 2.45) is 11.8 Å². The van der Waals surface area contributed by atoms with E-state index in [0.717, 1.165) is 70.3 Å². The Morgan fingerprint density at radius 2 is 1.97 bits per heavy atom. The first-order valence-electron chi connectivity index (χ1n) is 12.5. The van der Waals surface area contributed by atoms with E-state index in [1.54, 1.807) is 0 Å². The molecule has 4 aliphatic heterocycles. The largest absolute Gasteiger partial charge is 0.336 e. The molecule has 0 spiro atoms. The summed E-state index contributed by atoms with van der Waals surface area (Å²) < 4.78 is 0. The topological polar surface area (TPSA) is 43.9 Å². The lowest BCUT2D eigenvalue weighted by Crippen LogP contribution is -2.65. The summed E-state index contributed by atoms with van der Waals surface area (Å²) in [5.74, 6) is 1.67. The minimum atomic E-state index is 0.244. The quantitative estimate of drug-likeness (QED) is 0.740. The molecule has 0 aliphatic carbocycles. The summed E-state index contributed by atoms with van der Waals surface area (Å²) in [6.07, 6.45) is 8.46. The van der Waals surface area contributed by atoms with Gasteiger partial charge in [0.25, 0.3) is 0 Å². The van der Waals surface area contributed by atoms with Crippen LogP contribution in [0.1, 0.15) is 63.0 Å². The maximum absolute atomic E-state index is 13.4. The normalized spacial score (nSPS) is 30.7. The van der Waals surface area contributed by atoms with E-state index < -0.39 is 0 Å². The number of piperidine rings is 3. The zero-order valence-corrected chi connectivity index (χ0v) is 19.2. The number of rotatable bonds is 4. The second-order valence-electron chi connectivity index (χ2n) is 10.3. The maximum atomic E-state index is 13.4. The van der Waals surface area contributed by atoms with E-state index in [1.807, 2.05) is 4.90 Å². The molecular formula is C26H37N3O2. The number of nitrogens with zero attached hydrogens (tertiary/aromatic N) is 3. The third-order valence-corrected chi connectivity index (χ3v) is 8.17. The maximum Gasteiger partial charge on any atom is 0.241 e. The highest BCUT2D eigenvalue weighted by molar-refractivity contribution is 5.96. The van der Waals surface area contributed by atoms with Gasteiger partial charge in [-0.05, 0) is 68.9 Å². The number of carbonyl (C=O) groups excluding carboxylic acids is 2. The van der Waals surface area contributed by atoms with Crippen molar-refractivity contribution in [1.82, 2.24) is 9.80 Å². The Morgan fingerprint density at radius 3 is 2.81 bits per heavy atom.